The molecule has 10 rings (SSSR count). The normalized spacial score (nSPS) is 29.6. The van der Waals surface area contributed by atoms with Crippen molar-refractivity contribution >= 4 is 29.8 Å². The number of benzene rings is 2. The Morgan fingerprint density at radius 2 is 1.15 bits per heavy atom. The fourth-order valence-corrected chi connectivity index (χ4v) is 13.3. The third kappa shape index (κ3) is 9.77. The third-order valence-corrected chi connectivity index (χ3v) is 16.3. The predicted octanol–water partition coefficient (Wildman–Crippen LogP) is -7.07. The number of quaternary nitrogens is 3. The summed E-state index contributed by atoms with van der Waals surface area (Å²) in [7, 11) is 6.89. The van der Waals surface area contributed by atoms with Gasteiger partial charge in [0.05, 0.1) is 69.7 Å². The molecule has 72 heavy (non-hydrogen) atoms. The first-order valence-corrected chi connectivity index (χ1v) is 24.1. The molecule has 16 nitrogen and oxygen atoms in total. The highest BCUT2D eigenvalue weighted by atomic mass is 35.5. The fourth-order valence-electron chi connectivity index (χ4n) is 13.3. The number of carbonyl (C=O) groups is 5. The Morgan fingerprint density at radius 1 is 0.736 bits per heavy atom. The minimum Gasteiger partial charge on any atom is -1.00 e. The maximum absolute atomic E-state index is 14.5. The van der Waals surface area contributed by atoms with Crippen LogP contribution in [0.5, 0.6) is 23.0 Å². The molecule has 10 unspecified atom stereocenters. The lowest BCUT2D eigenvalue weighted by molar-refractivity contribution is -0.919. The number of rotatable bonds is 9. The molecule has 2 saturated heterocycles. The SMILES string of the molecule is CN(CC(F)(F)CNC(=O)OC(C)(C)C)C(=O)Oc1ccc2c3c1OC1C(=O)CCC4C(C2)[NH+](C)CCC314.CN(CC(F)(F)C[NH3+])C(=O)Oc1ccc2c3c1OC1C(=O)CCC4C(C2)[NH+](C)CCC314.[Cl-].[Cl-].[Cl-]. The molecule has 4 fully saturated rings. The van der Waals surface area contributed by atoms with Crippen molar-refractivity contribution in [2.24, 2.45) is 11.8 Å². The van der Waals surface area contributed by atoms with Crippen molar-refractivity contribution < 1.29 is 118 Å². The van der Waals surface area contributed by atoms with E-state index in [9.17, 15) is 41.5 Å². The summed E-state index contributed by atoms with van der Waals surface area (Å²) in [6, 6.07) is 8.00. The van der Waals surface area contributed by atoms with E-state index in [-0.39, 0.29) is 65.7 Å². The number of piperidine rings is 2. The van der Waals surface area contributed by atoms with E-state index in [2.05, 4.69) is 19.8 Å². The topological polar surface area (TPSA) is 187 Å². The molecule has 4 heterocycles. The van der Waals surface area contributed by atoms with Crippen LogP contribution in [-0.2, 0) is 38.0 Å². The smallest absolute Gasteiger partial charge is 0.415 e. The fraction of sp³-hybridized carbons (Fsp3) is 0.653. The van der Waals surface area contributed by atoms with Gasteiger partial charge >= 0.3 is 24.2 Å². The number of nitrogens with zero attached hydrogens (tertiary/aromatic N) is 2. The van der Waals surface area contributed by atoms with Gasteiger partial charge in [0.15, 0.2) is 46.8 Å². The highest BCUT2D eigenvalue weighted by Gasteiger charge is 2.69. The van der Waals surface area contributed by atoms with E-state index in [0.717, 1.165) is 83.7 Å². The summed E-state index contributed by atoms with van der Waals surface area (Å²) in [6.07, 6.45) is 2.06. The Kier molecular flexibility index (Phi) is 16.1. The van der Waals surface area contributed by atoms with Crippen molar-refractivity contribution in [1.29, 1.82) is 0 Å². The van der Waals surface area contributed by atoms with E-state index in [4.69, 9.17) is 23.7 Å². The number of alkyl halides is 4. The average Bonchev–Trinajstić information content (AvgIpc) is 3.82. The van der Waals surface area contributed by atoms with Crippen LogP contribution in [0.3, 0.4) is 0 Å². The molecule has 23 heteroatoms. The molecular formula is C49H65Cl3F4N6O10. The quantitative estimate of drug-likeness (QED) is 0.176. The largest absolute Gasteiger partial charge is 1.00 e. The standard InChI is InChI=1S/C27H35F2N3O6.C22H27F2N3O4.3ClH/c1-25(2,3)38-23(34)30-13-26(28,29)14-32(5)24(35)36-19-9-6-15-12-17-16-7-8-18(33)22-27(16,10-11-31(17)4)20(15)21(19)37-22;1-26-8-7-22-13-4-5-15(28)19(22)31-18-16(6-3-12(17(18)22)9-14(13)26)30-20(29)27(2)11-21(23,24)10-25;;;/h6,9,16-17,22H,7-8,10-14H2,1-5H3,(H,30,34);3,6,13-14,19H,4-5,7-11,25H2,1-2H3;3*1H. The van der Waals surface area contributed by atoms with Crippen LogP contribution in [0.1, 0.15) is 81.5 Å². The first-order valence-electron chi connectivity index (χ1n) is 24.1. The summed E-state index contributed by atoms with van der Waals surface area (Å²) in [6.45, 7) is 3.39. The zero-order valence-corrected chi connectivity index (χ0v) is 43.8. The Morgan fingerprint density at radius 3 is 1.56 bits per heavy atom. The zero-order valence-electron chi connectivity index (χ0n) is 41.5. The molecule has 3 amide bonds. The molecule has 2 aromatic rings. The van der Waals surface area contributed by atoms with Crippen molar-refractivity contribution in [1.82, 2.24) is 15.1 Å². The third-order valence-electron chi connectivity index (χ3n) is 16.3. The van der Waals surface area contributed by atoms with Gasteiger partial charge in [0.2, 0.25) is 0 Å². The maximum atomic E-state index is 14.5. The lowest BCUT2D eigenvalue weighted by Crippen LogP contribution is -3.16. The van der Waals surface area contributed by atoms with Crippen LogP contribution in [0, 0.1) is 11.8 Å². The Balaban J connectivity index is 0.000000230. The Labute approximate surface area is 434 Å². The number of hydrogen-bond acceptors (Lipinski definition) is 10. The number of nitrogens with one attached hydrogen (secondary N) is 3. The van der Waals surface area contributed by atoms with Crippen molar-refractivity contribution in [3.8, 4) is 23.0 Å². The minimum absolute atomic E-state index is 0. The van der Waals surface area contributed by atoms with Gasteiger partial charge in [0.1, 0.15) is 12.1 Å². The Bertz CT molecular complexity index is 2470. The maximum Gasteiger partial charge on any atom is 0.415 e. The molecule has 400 valence electrons. The van der Waals surface area contributed by atoms with Crippen molar-refractivity contribution in [3.63, 3.8) is 0 Å². The monoisotopic (exact) mass is 1080 g/mol. The average molecular weight is 1080 g/mol. The second-order valence-electron chi connectivity index (χ2n) is 21.7. The van der Waals surface area contributed by atoms with Gasteiger partial charge in [-0.05, 0) is 56.9 Å². The number of Topliss-reactive ketones (excluding diaryl/α,β-unsaturated/α-hetero) is 2. The van der Waals surface area contributed by atoms with E-state index in [0.29, 0.717) is 48.3 Å². The molecule has 4 bridgehead atoms. The molecule has 2 saturated carbocycles. The van der Waals surface area contributed by atoms with Gasteiger partial charge < -0.3 is 91.6 Å². The number of halogens is 7. The number of hydrogen-bond donors (Lipinski definition) is 4. The molecule has 4 aliphatic heterocycles. The van der Waals surface area contributed by atoms with Crippen LogP contribution in [0.2, 0.25) is 0 Å². The van der Waals surface area contributed by atoms with E-state index < -0.39 is 79.5 Å². The minimum atomic E-state index is -3.42. The summed E-state index contributed by atoms with van der Waals surface area (Å²) >= 11 is 0. The molecule has 2 aromatic carbocycles. The number of ketones is 2. The number of carbonyl (C=O) groups excluding carboxylic acids is 5. The van der Waals surface area contributed by atoms with E-state index >= 15 is 0 Å². The first kappa shape index (κ1) is 56.9. The van der Waals surface area contributed by atoms with Gasteiger partial charge in [-0.15, -0.1) is 0 Å². The summed E-state index contributed by atoms with van der Waals surface area (Å²) in [5.74, 6) is -4.51. The molecule has 10 atom stereocenters. The van der Waals surface area contributed by atoms with E-state index in [1.807, 2.05) is 17.4 Å². The van der Waals surface area contributed by atoms with Gasteiger partial charge in [0.25, 0.3) is 5.92 Å². The first-order chi connectivity index (χ1) is 32.4. The van der Waals surface area contributed by atoms with Crippen molar-refractivity contribution in [2.75, 3.05) is 67.5 Å². The van der Waals surface area contributed by atoms with Gasteiger partial charge in [-0.3, -0.25) is 9.59 Å². The van der Waals surface area contributed by atoms with Gasteiger partial charge in [0, 0.05) is 75.6 Å². The molecule has 0 radical (unpaired) electrons. The molecule has 8 aliphatic rings. The van der Waals surface area contributed by atoms with Crippen LogP contribution in [-0.4, -0.2) is 149 Å². The number of ether oxygens (including phenoxy) is 5. The molecule has 6 N–H and O–H groups in total. The van der Waals surface area contributed by atoms with E-state index in [1.54, 1.807) is 32.9 Å². The number of amides is 3. The highest BCUT2D eigenvalue weighted by molar-refractivity contribution is 5.90. The van der Waals surface area contributed by atoms with E-state index in [1.165, 1.54) is 23.9 Å². The molecule has 4 aliphatic carbocycles. The van der Waals surface area contributed by atoms with Crippen LogP contribution in [0.4, 0.5) is 31.9 Å². The summed E-state index contributed by atoms with van der Waals surface area (Å²) < 4.78 is 85.0. The predicted molar refractivity (Wildman–Crippen MR) is 237 cm³/mol. The number of alkyl carbamates (subject to hydrolysis) is 1. The lowest BCUT2D eigenvalue weighted by Gasteiger charge is -2.54. The highest BCUT2D eigenvalue weighted by Crippen LogP contribution is 2.63. The summed E-state index contributed by atoms with van der Waals surface area (Å²) in [5, 5.41) is 2.04. The van der Waals surface area contributed by atoms with Crippen LogP contribution in [0.15, 0.2) is 24.3 Å². The van der Waals surface area contributed by atoms with Gasteiger partial charge in [-0.25, -0.2) is 23.2 Å². The van der Waals surface area contributed by atoms with Crippen LogP contribution in [0.25, 0.3) is 0 Å². The molecule has 2 spiro atoms. The summed E-state index contributed by atoms with van der Waals surface area (Å²) in [5.41, 5.74) is 5.83. The van der Waals surface area contributed by atoms with Crippen LogP contribution >= 0.6 is 0 Å². The van der Waals surface area contributed by atoms with Gasteiger partial charge in [-0.1, -0.05) is 12.1 Å². The number of likely N-dealkylation sites (N-methyl/N-ethyl adjacent to an activating group) is 2. The van der Waals surface area contributed by atoms with Crippen LogP contribution < -0.4 is 77.0 Å². The summed E-state index contributed by atoms with van der Waals surface area (Å²) in [4.78, 5) is 67.6. The number of likely N-dealkylation sites (tertiary alicyclic amines) is 2. The lowest BCUT2D eigenvalue weighted by atomic mass is 9.52. The molecule has 0 aromatic heterocycles. The second-order valence-corrected chi connectivity index (χ2v) is 21.7. The molecular weight excluding hydrogens is 1010 g/mol. The zero-order chi connectivity index (χ0) is 49.7. The van der Waals surface area contributed by atoms with Crippen molar-refractivity contribution in [3.05, 3.63) is 46.5 Å². The second kappa shape index (κ2) is 20.4. The van der Waals surface area contributed by atoms with Crippen molar-refractivity contribution in [2.45, 2.75) is 125 Å². The van der Waals surface area contributed by atoms with Gasteiger partial charge in [-0.2, -0.15) is 8.78 Å². The Hall–Kier alpha value is -4.34.